The van der Waals surface area contributed by atoms with Crippen molar-refractivity contribution in [1.29, 1.82) is 0 Å². The molecular weight excluding hydrogens is 330 g/mol. The number of carbonyl (C=O) groups excluding carboxylic acids is 1. The van der Waals surface area contributed by atoms with E-state index in [2.05, 4.69) is 15.3 Å². The summed E-state index contributed by atoms with van der Waals surface area (Å²) in [5.41, 5.74) is -1.69. The quantitative estimate of drug-likeness (QED) is 0.900. The number of alkyl halides is 3. The van der Waals surface area contributed by atoms with E-state index >= 15 is 0 Å². The summed E-state index contributed by atoms with van der Waals surface area (Å²) >= 11 is 11.2. The topological polar surface area (TPSA) is 54.9 Å². The first-order valence-electron chi connectivity index (χ1n) is 5.42. The minimum absolute atomic E-state index is 0.0108. The number of anilines is 1. The molecule has 1 heterocycles. The summed E-state index contributed by atoms with van der Waals surface area (Å²) in [6.07, 6.45) is -1.23. The molecule has 0 saturated heterocycles. The lowest BCUT2D eigenvalue weighted by Gasteiger charge is -2.16. The lowest BCUT2D eigenvalue weighted by atomic mass is 10.1. The molecule has 0 fully saturated rings. The van der Waals surface area contributed by atoms with Gasteiger partial charge in [0.1, 0.15) is 6.33 Å². The third kappa shape index (κ3) is 3.43. The van der Waals surface area contributed by atoms with Crippen LogP contribution < -0.4 is 5.32 Å². The van der Waals surface area contributed by atoms with Crippen molar-refractivity contribution in [3.05, 3.63) is 52.0 Å². The van der Waals surface area contributed by atoms with E-state index in [-0.39, 0.29) is 10.6 Å². The first-order chi connectivity index (χ1) is 9.80. The Bertz CT molecular complexity index is 677. The van der Waals surface area contributed by atoms with Gasteiger partial charge in [0.15, 0.2) is 0 Å². The molecule has 0 aliphatic rings. The van der Waals surface area contributed by atoms with Gasteiger partial charge in [0.05, 0.1) is 26.9 Å². The van der Waals surface area contributed by atoms with E-state index in [1.54, 1.807) is 0 Å². The summed E-state index contributed by atoms with van der Waals surface area (Å²) in [7, 11) is 0. The highest BCUT2D eigenvalue weighted by molar-refractivity contribution is 6.42. The Morgan fingerprint density at radius 1 is 1.14 bits per heavy atom. The Balaban J connectivity index is 2.41. The monoisotopic (exact) mass is 335 g/mol. The molecule has 1 aromatic carbocycles. The van der Waals surface area contributed by atoms with Crippen molar-refractivity contribution in [3.8, 4) is 0 Å². The zero-order valence-corrected chi connectivity index (χ0v) is 11.6. The standard InChI is InChI=1S/C12H6Cl2F3N3O/c13-7-1-2-8(9(10(7)14)12(15,16)17)20-11(21)6-3-18-5-19-4-6/h1-5H,(H,20,21). The number of hydrogen-bond acceptors (Lipinski definition) is 3. The predicted octanol–water partition coefficient (Wildman–Crippen LogP) is 4.05. The van der Waals surface area contributed by atoms with Gasteiger partial charge in [-0.2, -0.15) is 13.2 Å². The zero-order valence-electron chi connectivity index (χ0n) is 10.1. The summed E-state index contributed by atoms with van der Waals surface area (Å²) in [4.78, 5) is 19.1. The Morgan fingerprint density at radius 2 is 1.76 bits per heavy atom. The minimum Gasteiger partial charge on any atom is -0.321 e. The number of halogens is 5. The highest BCUT2D eigenvalue weighted by Gasteiger charge is 2.37. The number of carbonyl (C=O) groups is 1. The van der Waals surface area contributed by atoms with E-state index in [1.165, 1.54) is 18.7 Å². The molecule has 0 atom stereocenters. The number of nitrogens with zero attached hydrogens (tertiary/aromatic N) is 2. The fourth-order valence-corrected chi connectivity index (χ4v) is 1.97. The van der Waals surface area contributed by atoms with Crippen LogP contribution in [0.4, 0.5) is 18.9 Å². The lowest BCUT2D eigenvalue weighted by Crippen LogP contribution is -2.17. The number of rotatable bonds is 2. The third-order valence-corrected chi connectivity index (χ3v) is 3.25. The molecule has 21 heavy (non-hydrogen) atoms. The number of amides is 1. The largest absolute Gasteiger partial charge is 0.419 e. The van der Waals surface area contributed by atoms with Gasteiger partial charge in [0.25, 0.3) is 5.91 Å². The molecule has 0 unspecified atom stereocenters. The van der Waals surface area contributed by atoms with Crippen molar-refractivity contribution < 1.29 is 18.0 Å². The highest BCUT2D eigenvalue weighted by Crippen LogP contribution is 2.42. The van der Waals surface area contributed by atoms with Gasteiger partial charge in [-0.25, -0.2) is 9.97 Å². The van der Waals surface area contributed by atoms with Gasteiger partial charge >= 0.3 is 6.18 Å². The molecule has 1 amide bonds. The van der Waals surface area contributed by atoms with Crippen LogP contribution in [0.5, 0.6) is 0 Å². The average molecular weight is 336 g/mol. The number of benzene rings is 1. The van der Waals surface area contributed by atoms with Crippen LogP contribution in [0.25, 0.3) is 0 Å². The fraction of sp³-hybridized carbons (Fsp3) is 0.0833. The molecule has 0 bridgehead atoms. The minimum atomic E-state index is -4.77. The van der Waals surface area contributed by atoms with Gasteiger partial charge in [-0.1, -0.05) is 23.2 Å². The van der Waals surface area contributed by atoms with E-state index in [1.807, 2.05) is 0 Å². The van der Waals surface area contributed by atoms with Crippen LogP contribution in [0.2, 0.25) is 10.0 Å². The molecule has 1 N–H and O–H groups in total. The van der Waals surface area contributed by atoms with E-state index < -0.39 is 28.4 Å². The summed E-state index contributed by atoms with van der Waals surface area (Å²) in [5, 5.41) is 1.19. The SMILES string of the molecule is O=C(Nc1ccc(Cl)c(Cl)c1C(F)(F)F)c1cncnc1. The second kappa shape index (κ2) is 5.87. The molecular formula is C12H6Cl2F3N3O. The first-order valence-corrected chi connectivity index (χ1v) is 6.18. The fourth-order valence-electron chi connectivity index (χ4n) is 1.54. The van der Waals surface area contributed by atoms with Gasteiger partial charge in [-0.05, 0) is 12.1 Å². The Hall–Kier alpha value is -1.86. The predicted molar refractivity (Wildman–Crippen MR) is 71.4 cm³/mol. The summed E-state index contributed by atoms with van der Waals surface area (Å²) in [6.45, 7) is 0. The van der Waals surface area contributed by atoms with Crippen LogP contribution in [0.3, 0.4) is 0 Å². The van der Waals surface area contributed by atoms with Gasteiger partial charge in [-0.15, -0.1) is 0 Å². The van der Waals surface area contributed by atoms with Gasteiger partial charge in [0, 0.05) is 12.4 Å². The van der Waals surface area contributed by atoms with E-state index in [0.29, 0.717) is 0 Å². The number of aromatic nitrogens is 2. The molecule has 0 aliphatic carbocycles. The van der Waals surface area contributed by atoms with Crippen LogP contribution in [0.1, 0.15) is 15.9 Å². The maximum absolute atomic E-state index is 13.0. The van der Waals surface area contributed by atoms with Crippen molar-refractivity contribution in [1.82, 2.24) is 9.97 Å². The third-order valence-electron chi connectivity index (χ3n) is 2.45. The molecule has 110 valence electrons. The Kier molecular flexibility index (Phi) is 4.34. The van der Waals surface area contributed by atoms with Crippen LogP contribution in [-0.2, 0) is 6.18 Å². The maximum atomic E-state index is 13.0. The van der Waals surface area contributed by atoms with Crippen LogP contribution in [0.15, 0.2) is 30.9 Å². The second-order valence-electron chi connectivity index (χ2n) is 3.86. The van der Waals surface area contributed by atoms with Crippen molar-refractivity contribution in [2.75, 3.05) is 5.32 Å². The Morgan fingerprint density at radius 3 is 2.33 bits per heavy atom. The normalized spacial score (nSPS) is 11.3. The molecule has 0 spiro atoms. The summed E-state index contributed by atoms with van der Waals surface area (Å²) in [6, 6.07) is 2.19. The first kappa shape index (κ1) is 15.5. The molecule has 2 aromatic rings. The van der Waals surface area contributed by atoms with E-state index in [9.17, 15) is 18.0 Å². The molecule has 0 radical (unpaired) electrons. The number of nitrogens with one attached hydrogen (secondary N) is 1. The maximum Gasteiger partial charge on any atom is 0.419 e. The van der Waals surface area contributed by atoms with Gasteiger partial charge in [0.2, 0.25) is 0 Å². The smallest absolute Gasteiger partial charge is 0.321 e. The summed E-state index contributed by atoms with van der Waals surface area (Å²) in [5.74, 6) is -0.792. The van der Waals surface area contributed by atoms with Crippen molar-refractivity contribution in [3.63, 3.8) is 0 Å². The molecule has 4 nitrogen and oxygen atoms in total. The van der Waals surface area contributed by atoms with E-state index in [4.69, 9.17) is 23.2 Å². The Labute approximate surface area is 126 Å². The molecule has 0 saturated carbocycles. The zero-order chi connectivity index (χ0) is 15.6. The molecule has 1 aromatic heterocycles. The number of hydrogen-bond donors (Lipinski definition) is 1. The second-order valence-corrected chi connectivity index (χ2v) is 4.65. The lowest BCUT2D eigenvalue weighted by molar-refractivity contribution is -0.136. The molecule has 0 aliphatic heterocycles. The van der Waals surface area contributed by atoms with Crippen molar-refractivity contribution in [2.24, 2.45) is 0 Å². The summed E-state index contributed by atoms with van der Waals surface area (Å²) < 4.78 is 39.1. The average Bonchev–Trinajstić information content (AvgIpc) is 2.42. The van der Waals surface area contributed by atoms with Gasteiger partial charge in [-0.3, -0.25) is 4.79 Å². The van der Waals surface area contributed by atoms with Crippen LogP contribution >= 0.6 is 23.2 Å². The van der Waals surface area contributed by atoms with Gasteiger partial charge < -0.3 is 5.32 Å². The van der Waals surface area contributed by atoms with E-state index in [0.717, 1.165) is 12.1 Å². The molecule has 9 heteroatoms. The van der Waals surface area contributed by atoms with Crippen molar-refractivity contribution >= 4 is 34.8 Å². The molecule has 2 rings (SSSR count). The van der Waals surface area contributed by atoms with Crippen LogP contribution in [-0.4, -0.2) is 15.9 Å². The van der Waals surface area contributed by atoms with Crippen molar-refractivity contribution in [2.45, 2.75) is 6.18 Å². The van der Waals surface area contributed by atoms with Crippen LogP contribution in [0, 0.1) is 0 Å². The highest BCUT2D eigenvalue weighted by atomic mass is 35.5.